The van der Waals surface area contributed by atoms with Crippen LogP contribution in [0.3, 0.4) is 0 Å². The SMILES string of the molecule is OC[C@H](Nc1ncnc2c1nnn2-c1ccccc1)c1ccccc1. The average molecular weight is 332 g/mol. The molecule has 0 unspecified atom stereocenters. The van der Waals surface area contributed by atoms with Gasteiger partial charge in [-0.1, -0.05) is 53.7 Å². The molecule has 0 aliphatic carbocycles. The first-order valence-electron chi connectivity index (χ1n) is 7.91. The summed E-state index contributed by atoms with van der Waals surface area (Å²) in [6.45, 7) is -0.0671. The molecule has 4 aromatic rings. The summed E-state index contributed by atoms with van der Waals surface area (Å²) < 4.78 is 1.67. The molecule has 7 nitrogen and oxygen atoms in total. The molecule has 124 valence electrons. The molecule has 0 saturated heterocycles. The molecule has 0 aliphatic heterocycles. The summed E-state index contributed by atoms with van der Waals surface area (Å²) in [6, 6.07) is 19.1. The standard InChI is InChI=1S/C18H16N6O/c25-11-15(13-7-3-1-4-8-13)21-17-16-18(20-12-19-17)24(23-22-16)14-9-5-2-6-10-14/h1-10,12,15,25H,11H2,(H,19,20,21)/t15-/m0/s1. The van der Waals surface area contributed by atoms with E-state index >= 15 is 0 Å². The number of nitrogens with zero attached hydrogens (tertiary/aromatic N) is 5. The van der Waals surface area contributed by atoms with Gasteiger partial charge in [-0.2, -0.15) is 4.68 Å². The molecule has 4 rings (SSSR count). The van der Waals surface area contributed by atoms with E-state index in [1.54, 1.807) is 4.68 Å². The first-order valence-corrected chi connectivity index (χ1v) is 7.91. The van der Waals surface area contributed by atoms with E-state index in [0.717, 1.165) is 11.3 Å². The third kappa shape index (κ3) is 2.92. The highest BCUT2D eigenvalue weighted by atomic mass is 16.3. The molecule has 7 heteroatoms. The van der Waals surface area contributed by atoms with Gasteiger partial charge in [0.2, 0.25) is 0 Å². The lowest BCUT2D eigenvalue weighted by Gasteiger charge is -2.17. The van der Waals surface area contributed by atoms with Gasteiger partial charge in [-0.15, -0.1) is 5.10 Å². The normalized spacial score (nSPS) is 12.2. The van der Waals surface area contributed by atoms with Crippen LogP contribution >= 0.6 is 0 Å². The van der Waals surface area contributed by atoms with Crippen LogP contribution in [0.2, 0.25) is 0 Å². The molecule has 0 radical (unpaired) electrons. The van der Waals surface area contributed by atoms with Crippen LogP contribution in [-0.2, 0) is 0 Å². The first-order chi connectivity index (χ1) is 12.4. The highest BCUT2D eigenvalue weighted by molar-refractivity contribution is 5.83. The lowest BCUT2D eigenvalue weighted by atomic mass is 10.1. The number of rotatable bonds is 5. The Bertz CT molecular complexity index is 971. The summed E-state index contributed by atoms with van der Waals surface area (Å²) in [5, 5.41) is 21.4. The Hall–Kier alpha value is -3.32. The summed E-state index contributed by atoms with van der Waals surface area (Å²) in [6.07, 6.45) is 1.47. The van der Waals surface area contributed by atoms with Gasteiger partial charge in [0, 0.05) is 0 Å². The van der Waals surface area contributed by atoms with Crippen LogP contribution in [0.4, 0.5) is 5.82 Å². The second kappa shape index (κ2) is 6.66. The second-order valence-electron chi connectivity index (χ2n) is 5.52. The fourth-order valence-corrected chi connectivity index (χ4v) is 2.68. The summed E-state index contributed by atoms with van der Waals surface area (Å²) in [4.78, 5) is 8.59. The summed E-state index contributed by atoms with van der Waals surface area (Å²) in [5.74, 6) is 0.537. The Morgan fingerprint density at radius 1 is 0.960 bits per heavy atom. The quantitative estimate of drug-likeness (QED) is 0.583. The summed E-state index contributed by atoms with van der Waals surface area (Å²) in [7, 11) is 0. The topological polar surface area (TPSA) is 88.8 Å². The summed E-state index contributed by atoms with van der Waals surface area (Å²) in [5.41, 5.74) is 3.00. The van der Waals surface area contributed by atoms with Gasteiger partial charge in [-0.25, -0.2) is 9.97 Å². The maximum Gasteiger partial charge on any atom is 0.188 e. The van der Waals surface area contributed by atoms with Crippen molar-refractivity contribution in [2.75, 3.05) is 11.9 Å². The number of aromatic nitrogens is 5. The zero-order valence-electron chi connectivity index (χ0n) is 13.3. The molecule has 0 fully saturated rings. The van der Waals surface area contributed by atoms with Crippen LogP contribution in [0.5, 0.6) is 0 Å². The van der Waals surface area contributed by atoms with Gasteiger partial charge >= 0.3 is 0 Å². The predicted octanol–water partition coefficient (Wildman–Crippen LogP) is 2.36. The number of hydrogen-bond donors (Lipinski definition) is 2. The lowest BCUT2D eigenvalue weighted by Crippen LogP contribution is -2.16. The largest absolute Gasteiger partial charge is 0.394 e. The number of aliphatic hydroxyl groups excluding tert-OH is 1. The van der Waals surface area contributed by atoms with Crippen LogP contribution in [-0.4, -0.2) is 36.7 Å². The number of fused-ring (bicyclic) bond motifs is 1. The molecule has 0 amide bonds. The second-order valence-corrected chi connectivity index (χ2v) is 5.52. The van der Waals surface area contributed by atoms with E-state index in [9.17, 15) is 5.11 Å². The van der Waals surface area contributed by atoms with E-state index in [4.69, 9.17) is 0 Å². The van der Waals surface area contributed by atoms with Crippen LogP contribution in [0.25, 0.3) is 16.9 Å². The molecular weight excluding hydrogens is 316 g/mol. The molecule has 2 heterocycles. The molecule has 1 atom stereocenters. The first kappa shape index (κ1) is 15.2. The minimum atomic E-state index is -0.291. The van der Waals surface area contributed by atoms with Gasteiger partial charge in [-0.05, 0) is 17.7 Å². The van der Waals surface area contributed by atoms with E-state index < -0.39 is 0 Å². The van der Waals surface area contributed by atoms with Gasteiger partial charge in [0.05, 0.1) is 18.3 Å². The van der Waals surface area contributed by atoms with Crippen LogP contribution in [0, 0.1) is 0 Å². The van der Waals surface area contributed by atoms with Crippen molar-refractivity contribution in [2.45, 2.75) is 6.04 Å². The fraction of sp³-hybridized carbons (Fsp3) is 0.111. The van der Waals surface area contributed by atoms with Gasteiger partial charge in [-0.3, -0.25) is 0 Å². The van der Waals surface area contributed by atoms with Crippen molar-refractivity contribution in [3.05, 3.63) is 72.6 Å². The zero-order valence-corrected chi connectivity index (χ0v) is 13.3. The van der Waals surface area contributed by atoms with E-state index in [2.05, 4.69) is 25.6 Å². The van der Waals surface area contributed by atoms with Gasteiger partial charge in [0.15, 0.2) is 17.0 Å². The number of hydrogen-bond acceptors (Lipinski definition) is 6. The van der Waals surface area contributed by atoms with E-state index in [-0.39, 0.29) is 12.6 Å². The predicted molar refractivity (Wildman–Crippen MR) is 94.3 cm³/mol. The monoisotopic (exact) mass is 332 g/mol. The van der Waals surface area contributed by atoms with E-state index in [0.29, 0.717) is 17.0 Å². The van der Waals surface area contributed by atoms with E-state index in [1.165, 1.54) is 6.33 Å². The molecule has 2 aromatic carbocycles. The maximum absolute atomic E-state index is 9.75. The van der Waals surface area contributed by atoms with Gasteiger partial charge in [0.25, 0.3) is 0 Å². The zero-order chi connectivity index (χ0) is 17.1. The van der Waals surface area contributed by atoms with Crippen molar-refractivity contribution in [3.8, 4) is 5.69 Å². The number of nitrogens with one attached hydrogen (secondary N) is 1. The highest BCUT2D eigenvalue weighted by Crippen LogP contribution is 2.23. The maximum atomic E-state index is 9.75. The van der Waals surface area contributed by atoms with Crippen molar-refractivity contribution >= 4 is 17.0 Å². The molecule has 0 bridgehead atoms. The number of benzene rings is 2. The third-order valence-electron chi connectivity index (χ3n) is 3.93. The average Bonchev–Trinajstić information content (AvgIpc) is 3.12. The van der Waals surface area contributed by atoms with Crippen molar-refractivity contribution in [1.29, 1.82) is 0 Å². The van der Waals surface area contributed by atoms with Crippen molar-refractivity contribution in [2.24, 2.45) is 0 Å². The molecule has 2 N–H and O–H groups in total. The lowest BCUT2D eigenvalue weighted by molar-refractivity contribution is 0.276. The molecule has 2 aromatic heterocycles. The number of para-hydroxylation sites is 1. The molecule has 25 heavy (non-hydrogen) atoms. The van der Waals surface area contributed by atoms with Gasteiger partial charge < -0.3 is 10.4 Å². The molecule has 0 spiro atoms. The van der Waals surface area contributed by atoms with Crippen LogP contribution < -0.4 is 5.32 Å². The van der Waals surface area contributed by atoms with Crippen LogP contribution in [0.15, 0.2) is 67.0 Å². The van der Waals surface area contributed by atoms with E-state index in [1.807, 2.05) is 60.7 Å². The van der Waals surface area contributed by atoms with Crippen LogP contribution in [0.1, 0.15) is 11.6 Å². The highest BCUT2D eigenvalue weighted by Gasteiger charge is 2.16. The molecule has 0 saturated carbocycles. The number of anilines is 1. The van der Waals surface area contributed by atoms with Gasteiger partial charge in [0.1, 0.15) is 6.33 Å². The minimum absolute atomic E-state index is 0.0671. The Balaban J connectivity index is 1.72. The molecular formula is C18H16N6O. The van der Waals surface area contributed by atoms with Crippen molar-refractivity contribution in [1.82, 2.24) is 25.0 Å². The molecule has 0 aliphatic rings. The third-order valence-corrected chi connectivity index (χ3v) is 3.93. The fourth-order valence-electron chi connectivity index (χ4n) is 2.68. The Morgan fingerprint density at radius 2 is 1.68 bits per heavy atom. The Labute approximate surface area is 144 Å². The van der Waals surface area contributed by atoms with Crippen molar-refractivity contribution < 1.29 is 5.11 Å². The van der Waals surface area contributed by atoms with Crippen molar-refractivity contribution in [3.63, 3.8) is 0 Å². The number of aliphatic hydroxyl groups is 1. The summed E-state index contributed by atoms with van der Waals surface area (Å²) >= 11 is 0. The minimum Gasteiger partial charge on any atom is -0.394 e. The Kier molecular flexibility index (Phi) is 4.05. The Morgan fingerprint density at radius 3 is 2.40 bits per heavy atom. The smallest absolute Gasteiger partial charge is 0.188 e.